The Morgan fingerprint density at radius 3 is 2.27 bits per heavy atom. The number of amides is 1. The molecule has 0 aromatic heterocycles. The van der Waals surface area contributed by atoms with Gasteiger partial charge in [0, 0.05) is 26.2 Å². The van der Waals surface area contributed by atoms with Crippen molar-refractivity contribution in [1.29, 1.82) is 0 Å². The molecule has 2 aromatic carbocycles. The van der Waals surface area contributed by atoms with Crippen molar-refractivity contribution in [3.05, 3.63) is 64.7 Å². The minimum Gasteiger partial charge on any atom is -0.350 e. The molecular formula is C22H30ClN3O3S. The molecule has 2 aromatic rings. The maximum absolute atomic E-state index is 13.0. The van der Waals surface area contributed by atoms with Crippen LogP contribution in [0.2, 0.25) is 5.02 Å². The summed E-state index contributed by atoms with van der Waals surface area (Å²) in [6.45, 7) is 4.83. The predicted molar refractivity (Wildman–Crippen MR) is 121 cm³/mol. The number of likely N-dealkylation sites (N-methyl/N-ethyl adjacent to an activating group) is 1. The first-order valence-electron chi connectivity index (χ1n) is 9.78. The zero-order valence-electron chi connectivity index (χ0n) is 18.1. The summed E-state index contributed by atoms with van der Waals surface area (Å²) in [7, 11) is 1.65. The zero-order valence-corrected chi connectivity index (χ0v) is 19.7. The summed E-state index contributed by atoms with van der Waals surface area (Å²) >= 11 is 6.21. The third kappa shape index (κ3) is 6.04. The van der Waals surface area contributed by atoms with E-state index in [9.17, 15) is 13.2 Å². The molecule has 0 spiro atoms. The van der Waals surface area contributed by atoms with Crippen LogP contribution < -0.4 is 5.32 Å². The second-order valence-corrected chi connectivity index (χ2v) is 10.3. The first-order chi connectivity index (χ1) is 14.0. The zero-order chi connectivity index (χ0) is 22.5. The third-order valence-electron chi connectivity index (χ3n) is 5.04. The number of carbonyl (C=O) groups is 1. The van der Waals surface area contributed by atoms with E-state index < -0.39 is 15.9 Å². The fourth-order valence-electron chi connectivity index (χ4n) is 3.25. The second-order valence-electron chi connectivity index (χ2n) is 7.87. The number of sulfonamides is 1. The number of rotatable bonds is 9. The lowest BCUT2D eigenvalue weighted by atomic mass is 10.0. The number of halogens is 1. The summed E-state index contributed by atoms with van der Waals surface area (Å²) in [5.41, 5.74) is 1.02. The van der Waals surface area contributed by atoms with Gasteiger partial charge in [0.1, 0.15) is 0 Å². The molecule has 1 N–H and O–H groups in total. The summed E-state index contributed by atoms with van der Waals surface area (Å²) in [5, 5.41) is 3.09. The average Bonchev–Trinajstić information content (AvgIpc) is 2.68. The van der Waals surface area contributed by atoms with Gasteiger partial charge < -0.3 is 10.2 Å². The van der Waals surface area contributed by atoms with Crippen molar-refractivity contribution in [3.8, 4) is 0 Å². The third-order valence-corrected chi connectivity index (χ3v) is 7.17. The molecule has 0 aliphatic carbocycles. The van der Waals surface area contributed by atoms with Crippen molar-refractivity contribution in [2.45, 2.75) is 31.3 Å². The Hall–Kier alpha value is -1.93. The minimum atomic E-state index is -3.78. The number of nitrogens with zero attached hydrogens (tertiary/aromatic N) is 2. The van der Waals surface area contributed by atoms with Crippen LogP contribution in [0, 0.1) is 5.92 Å². The van der Waals surface area contributed by atoms with E-state index in [1.165, 1.54) is 29.6 Å². The number of carbonyl (C=O) groups excluding carboxylic acids is 1. The fraction of sp³-hybridized carbons (Fsp3) is 0.409. The average molecular weight is 452 g/mol. The highest BCUT2D eigenvalue weighted by Crippen LogP contribution is 2.23. The van der Waals surface area contributed by atoms with Gasteiger partial charge in [-0.25, -0.2) is 8.42 Å². The van der Waals surface area contributed by atoms with Crippen molar-refractivity contribution in [2.75, 3.05) is 27.7 Å². The molecule has 0 saturated carbocycles. The van der Waals surface area contributed by atoms with E-state index in [2.05, 4.69) is 19.2 Å². The molecule has 30 heavy (non-hydrogen) atoms. The molecule has 164 valence electrons. The Labute approximate surface area is 184 Å². The monoisotopic (exact) mass is 451 g/mol. The lowest BCUT2D eigenvalue weighted by Gasteiger charge is -2.28. The van der Waals surface area contributed by atoms with Gasteiger partial charge in [-0.1, -0.05) is 55.8 Å². The van der Waals surface area contributed by atoms with E-state index in [0.29, 0.717) is 12.5 Å². The maximum Gasteiger partial charge on any atom is 0.252 e. The summed E-state index contributed by atoms with van der Waals surface area (Å²) in [6, 6.07) is 13.7. The Morgan fingerprint density at radius 1 is 1.07 bits per heavy atom. The molecule has 0 bridgehead atoms. The maximum atomic E-state index is 13.0. The van der Waals surface area contributed by atoms with Crippen LogP contribution in [0.4, 0.5) is 0 Å². The van der Waals surface area contributed by atoms with E-state index in [4.69, 9.17) is 11.6 Å². The van der Waals surface area contributed by atoms with E-state index >= 15 is 0 Å². The summed E-state index contributed by atoms with van der Waals surface area (Å²) < 4.78 is 27.3. The van der Waals surface area contributed by atoms with Gasteiger partial charge in [-0.3, -0.25) is 4.79 Å². The molecule has 1 unspecified atom stereocenters. The van der Waals surface area contributed by atoms with Crippen LogP contribution in [-0.4, -0.2) is 57.3 Å². The van der Waals surface area contributed by atoms with Crippen molar-refractivity contribution in [1.82, 2.24) is 14.5 Å². The molecule has 6 nitrogen and oxygen atoms in total. The molecule has 0 aliphatic heterocycles. The summed E-state index contributed by atoms with van der Waals surface area (Å²) in [6.07, 6.45) is 0. The van der Waals surface area contributed by atoms with Gasteiger partial charge in [-0.05, 0) is 43.8 Å². The molecule has 0 aliphatic rings. The van der Waals surface area contributed by atoms with Crippen LogP contribution in [0.5, 0.6) is 0 Å². The molecule has 2 rings (SSSR count). The van der Waals surface area contributed by atoms with Gasteiger partial charge >= 0.3 is 0 Å². The molecule has 0 fully saturated rings. The quantitative estimate of drug-likeness (QED) is 0.633. The van der Waals surface area contributed by atoms with Crippen LogP contribution >= 0.6 is 11.6 Å². The highest BCUT2D eigenvalue weighted by Gasteiger charge is 2.24. The number of nitrogens with one attached hydrogen (secondary N) is 1. The highest BCUT2D eigenvalue weighted by molar-refractivity contribution is 7.89. The van der Waals surface area contributed by atoms with E-state index in [0.717, 1.165) is 5.56 Å². The van der Waals surface area contributed by atoms with E-state index in [-0.39, 0.29) is 28.1 Å². The molecule has 0 heterocycles. The fourth-order valence-corrected chi connectivity index (χ4v) is 4.64. The van der Waals surface area contributed by atoms with Crippen LogP contribution in [0.15, 0.2) is 53.4 Å². The van der Waals surface area contributed by atoms with Crippen molar-refractivity contribution >= 4 is 27.5 Å². The summed E-state index contributed by atoms with van der Waals surface area (Å²) in [4.78, 5) is 14.8. The first kappa shape index (κ1) is 24.3. The Balaban J connectivity index is 2.21. The van der Waals surface area contributed by atoms with Crippen LogP contribution in [0.25, 0.3) is 0 Å². The Bertz CT molecular complexity index is 955. The van der Waals surface area contributed by atoms with Gasteiger partial charge in [0.05, 0.1) is 15.5 Å². The van der Waals surface area contributed by atoms with Crippen molar-refractivity contribution in [2.24, 2.45) is 5.92 Å². The summed E-state index contributed by atoms with van der Waals surface area (Å²) in [5.74, 6) is -0.0515. The van der Waals surface area contributed by atoms with Crippen molar-refractivity contribution in [3.63, 3.8) is 0 Å². The Morgan fingerprint density at radius 2 is 1.70 bits per heavy atom. The predicted octanol–water partition coefficient (Wildman–Crippen LogP) is 3.48. The van der Waals surface area contributed by atoms with Gasteiger partial charge in [-0.2, -0.15) is 4.31 Å². The number of benzene rings is 2. The lowest BCUT2D eigenvalue weighted by Crippen LogP contribution is -2.43. The molecule has 1 amide bonds. The molecule has 8 heteroatoms. The number of hydrogen-bond donors (Lipinski definition) is 1. The minimum absolute atomic E-state index is 0.0310. The Kier molecular flexibility index (Phi) is 8.43. The van der Waals surface area contributed by atoms with E-state index in [1.807, 2.05) is 49.3 Å². The van der Waals surface area contributed by atoms with Gasteiger partial charge in [0.2, 0.25) is 10.0 Å². The highest BCUT2D eigenvalue weighted by atomic mass is 35.5. The van der Waals surface area contributed by atoms with Crippen LogP contribution in [-0.2, 0) is 16.6 Å². The normalized spacial score (nSPS) is 13.1. The number of hydrogen-bond acceptors (Lipinski definition) is 4. The van der Waals surface area contributed by atoms with Gasteiger partial charge in [0.15, 0.2) is 0 Å². The topological polar surface area (TPSA) is 69.7 Å². The first-order valence-corrected chi connectivity index (χ1v) is 11.6. The lowest BCUT2D eigenvalue weighted by molar-refractivity contribution is 0.0934. The van der Waals surface area contributed by atoms with Gasteiger partial charge in [-0.15, -0.1) is 0 Å². The smallest absolute Gasteiger partial charge is 0.252 e. The SMILES string of the molecule is CC(C)C(CNC(=O)c1cc(S(=O)(=O)N(C)Cc2ccccc2)ccc1Cl)N(C)C. The molecular weight excluding hydrogens is 422 g/mol. The second kappa shape index (κ2) is 10.4. The van der Waals surface area contributed by atoms with Crippen LogP contribution in [0.1, 0.15) is 29.8 Å². The molecule has 0 radical (unpaired) electrons. The van der Waals surface area contributed by atoms with Gasteiger partial charge in [0.25, 0.3) is 5.91 Å². The molecule has 0 saturated heterocycles. The standard InChI is InChI=1S/C22H30ClN3O3S/c1-16(2)21(25(3)4)14-24-22(27)19-13-18(11-12-20(19)23)30(28,29)26(5)15-17-9-7-6-8-10-17/h6-13,16,21H,14-15H2,1-5H3,(H,24,27). The van der Waals surface area contributed by atoms with Crippen molar-refractivity contribution < 1.29 is 13.2 Å². The van der Waals surface area contributed by atoms with Crippen LogP contribution in [0.3, 0.4) is 0 Å². The van der Waals surface area contributed by atoms with E-state index in [1.54, 1.807) is 0 Å². The largest absolute Gasteiger partial charge is 0.350 e. The molecule has 1 atom stereocenters.